The van der Waals surface area contributed by atoms with Crippen LogP contribution in [0.1, 0.15) is 43.5 Å². The van der Waals surface area contributed by atoms with Crippen molar-refractivity contribution >= 4 is 0 Å². The molecule has 0 saturated heterocycles. The van der Waals surface area contributed by atoms with Gasteiger partial charge in [-0.2, -0.15) is 0 Å². The first-order valence-corrected chi connectivity index (χ1v) is 5.84. The maximum Gasteiger partial charge on any atom is 0.162 e. The van der Waals surface area contributed by atoms with E-state index >= 15 is 0 Å². The summed E-state index contributed by atoms with van der Waals surface area (Å²) in [7, 11) is 0. The standard InChI is InChI=1S/C13H16F3N/c1-8(14)9-5-10(12(16)11(15)6-9)13(7-17)3-2-4-13/h5-6,8H,2-4,7,17H2,1H3. The molecule has 1 fully saturated rings. The summed E-state index contributed by atoms with van der Waals surface area (Å²) in [4.78, 5) is 0. The number of alkyl halides is 1. The van der Waals surface area contributed by atoms with Crippen LogP contribution in [-0.4, -0.2) is 6.54 Å². The maximum absolute atomic E-state index is 13.8. The third kappa shape index (κ3) is 1.95. The van der Waals surface area contributed by atoms with Gasteiger partial charge < -0.3 is 5.73 Å². The predicted octanol–water partition coefficient (Wildman–Crippen LogP) is 3.38. The van der Waals surface area contributed by atoms with E-state index in [1.807, 2.05) is 0 Å². The third-order valence-electron chi connectivity index (χ3n) is 3.78. The highest BCUT2D eigenvalue weighted by Crippen LogP contribution is 2.45. The minimum Gasteiger partial charge on any atom is -0.330 e. The Morgan fingerprint density at radius 3 is 2.41 bits per heavy atom. The van der Waals surface area contributed by atoms with Gasteiger partial charge in [0, 0.05) is 12.0 Å². The van der Waals surface area contributed by atoms with Crippen LogP contribution in [0.5, 0.6) is 0 Å². The Balaban J connectivity index is 2.52. The van der Waals surface area contributed by atoms with Gasteiger partial charge in [-0.3, -0.25) is 0 Å². The third-order valence-corrected chi connectivity index (χ3v) is 3.78. The molecule has 0 aromatic heterocycles. The van der Waals surface area contributed by atoms with Gasteiger partial charge in [0.2, 0.25) is 0 Å². The Kier molecular flexibility index (Phi) is 3.17. The zero-order chi connectivity index (χ0) is 12.6. The summed E-state index contributed by atoms with van der Waals surface area (Å²) < 4.78 is 40.5. The maximum atomic E-state index is 13.8. The molecule has 0 heterocycles. The van der Waals surface area contributed by atoms with Gasteiger partial charge in [-0.1, -0.05) is 6.42 Å². The molecule has 1 aliphatic rings. The summed E-state index contributed by atoms with van der Waals surface area (Å²) in [6, 6.07) is 2.35. The summed E-state index contributed by atoms with van der Waals surface area (Å²) in [6.45, 7) is 1.58. The minimum absolute atomic E-state index is 0.179. The lowest BCUT2D eigenvalue weighted by Gasteiger charge is -2.41. The van der Waals surface area contributed by atoms with Gasteiger partial charge >= 0.3 is 0 Å². The Morgan fingerprint density at radius 1 is 1.35 bits per heavy atom. The normalized spacial score (nSPS) is 19.8. The lowest BCUT2D eigenvalue weighted by molar-refractivity contribution is 0.241. The van der Waals surface area contributed by atoms with Crippen molar-refractivity contribution in [2.45, 2.75) is 37.8 Å². The van der Waals surface area contributed by atoms with E-state index in [1.165, 1.54) is 13.0 Å². The number of nitrogens with two attached hydrogens (primary N) is 1. The number of hydrogen-bond donors (Lipinski definition) is 1. The van der Waals surface area contributed by atoms with E-state index in [0.29, 0.717) is 0 Å². The smallest absolute Gasteiger partial charge is 0.162 e. The topological polar surface area (TPSA) is 26.0 Å². The average Bonchev–Trinajstić information content (AvgIpc) is 2.22. The van der Waals surface area contributed by atoms with Gasteiger partial charge in [-0.25, -0.2) is 13.2 Å². The van der Waals surface area contributed by atoms with Crippen molar-refractivity contribution in [2.24, 2.45) is 5.73 Å². The molecule has 0 aliphatic heterocycles. The van der Waals surface area contributed by atoms with Crippen molar-refractivity contribution < 1.29 is 13.2 Å². The first-order chi connectivity index (χ1) is 8.00. The van der Waals surface area contributed by atoms with E-state index in [2.05, 4.69) is 0 Å². The van der Waals surface area contributed by atoms with Crippen LogP contribution in [0.15, 0.2) is 12.1 Å². The monoisotopic (exact) mass is 243 g/mol. The highest BCUT2D eigenvalue weighted by Gasteiger charge is 2.40. The zero-order valence-electron chi connectivity index (χ0n) is 9.77. The Hall–Kier alpha value is -1.03. The van der Waals surface area contributed by atoms with Gasteiger partial charge in [-0.15, -0.1) is 0 Å². The van der Waals surface area contributed by atoms with Gasteiger partial charge in [0.05, 0.1) is 0 Å². The van der Waals surface area contributed by atoms with Gasteiger partial charge in [0.25, 0.3) is 0 Å². The second kappa shape index (κ2) is 4.33. The van der Waals surface area contributed by atoms with Crippen LogP contribution in [0.3, 0.4) is 0 Å². The molecule has 2 N–H and O–H groups in total. The molecule has 0 spiro atoms. The van der Waals surface area contributed by atoms with Crippen LogP contribution in [-0.2, 0) is 5.41 Å². The summed E-state index contributed by atoms with van der Waals surface area (Å²) in [6.07, 6.45) is 1.13. The summed E-state index contributed by atoms with van der Waals surface area (Å²) in [5.41, 5.74) is 5.59. The van der Waals surface area contributed by atoms with E-state index in [1.54, 1.807) is 0 Å². The fourth-order valence-corrected chi connectivity index (χ4v) is 2.41. The van der Waals surface area contributed by atoms with Gasteiger partial charge in [-0.05, 0) is 43.0 Å². The molecule has 94 valence electrons. The molecule has 0 radical (unpaired) electrons. The largest absolute Gasteiger partial charge is 0.330 e. The summed E-state index contributed by atoms with van der Waals surface area (Å²) in [5.74, 6) is -1.86. The Bertz CT molecular complexity index is 419. The van der Waals surface area contributed by atoms with Crippen LogP contribution < -0.4 is 5.73 Å². The van der Waals surface area contributed by atoms with Crippen molar-refractivity contribution in [3.63, 3.8) is 0 Å². The number of halogens is 3. The molecule has 0 bridgehead atoms. The van der Waals surface area contributed by atoms with Crippen molar-refractivity contribution in [1.29, 1.82) is 0 Å². The van der Waals surface area contributed by atoms with Crippen molar-refractivity contribution in [3.8, 4) is 0 Å². The second-order valence-electron chi connectivity index (χ2n) is 4.82. The molecule has 0 amide bonds. The molecule has 1 nitrogen and oxygen atoms in total. The summed E-state index contributed by atoms with van der Waals surface area (Å²) in [5, 5.41) is 0. The molecule has 1 unspecified atom stereocenters. The van der Waals surface area contributed by atoms with Crippen LogP contribution in [0, 0.1) is 11.6 Å². The number of hydrogen-bond acceptors (Lipinski definition) is 1. The Labute approximate surface area is 98.8 Å². The number of rotatable bonds is 3. The van der Waals surface area contributed by atoms with Gasteiger partial charge in [0.1, 0.15) is 6.17 Å². The molecular formula is C13H16F3N. The quantitative estimate of drug-likeness (QED) is 0.865. The van der Waals surface area contributed by atoms with Crippen molar-refractivity contribution in [2.75, 3.05) is 6.54 Å². The zero-order valence-corrected chi connectivity index (χ0v) is 9.77. The van der Waals surface area contributed by atoms with Gasteiger partial charge in [0.15, 0.2) is 11.6 Å². The summed E-state index contributed by atoms with van der Waals surface area (Å²) >= 11 is 0. The van der Waals surface area contributed by atoms with Crippen LogP contribution in [0.4, 0.5) is 13.2 Å². The predicted molar refractivity (Wildman–Crippen MR) is 60.5 cm³/mol. The van der Waals surface area contributed by atoms with Crippen LogP contribution in [0.25, 0.3) is 0 Å². The lowest BCUT2D eigenvalue weighted by atomic mass is 9.64. The minimum atomic E-state index is -1.31. The SMILES string of the molecule is CC(F)c1cc(F)c(F)c(C2(CN)CCC2)c1. The molecule has 1 atom stereocenters. The highest BCUT2D eigenvalue weighted by atomic mass is 19.2. The lowest BCUT2D eigenvalue weighted by Crippen LogP contribution is -2.42. The fraction of sp³-hybridized carbons (Fsp3) is 0.538. The molecule has 1 aromatic rings. The fourth-order valence-electron chi connectivity index (χ4n) is 2.41. The molecule has 1 aromatic carbocycles. The molecule has 1 saturated carbocycles. The molecule has 17 heavy (non-hydrogen) atoms. The van der Waals surface area contributed by atoms with Crippen LogP contribution >= 0.6 is 0 Å². The second-order valence-corrected chi connectivity index (χ2v) is 4.82. The van der Waals surface area contributed by atoms with E-state index in [9.17, 15) is 13.2 Å². The van der Waals surface area contributed by atoms with Crippen molar-refractivity contribution in [3.05, 3.63) is 34.9 Å². The first kappa shape index (κ1) is 12.4. The van der Waals surface area contributed by atoms with E-state index in [4.69, 9.17) is 5.73 Å². The van der Waals surface area contributed by atoms with Crippen molar-refractivity contribution in [1.82, 2.24) is 0 Å². The highest BCUT2D eigenvalue weighted by molar-refractivity contribution is 5.35. The number of benzene rings is 1. The van der Waals surface area contributed by atoms with E-state index < -0.39 is 23.2 Å². The Morgan fingerprint density at radius 2 is 2.00 bits per heavy atom. The average molecular weight is 243 g/mol. The van der Waals surface area contributed by atoms with Crippen LogP contribution in [0.2, 0.25) is 0 Å². The molecule has 4 heteroatoms. The molecular weight excluding hydrogens is 227 g/mol. The molecule has 1 aliphatic carbocycles. The van der Waals surface area contributed by atoms with E-state index in [0.717, 1.165) is 25.3 Å². The first-order valence-electron chi connectivity index (χ1n) is 5.84. The van der Waals surface area contributed by atoms with E-state index in [-0.39, 0.29) is 17.7 Å². The molecule has 2 rings (SSSR count).